The third-order valence-electron chi connectivity index (χ3n) is 6.78. The third kappa shape index (κ3) is 17.0. The van der Waals surface area contributed by atoms with Gasteiger partial charge in [-0.2, -0.15) is 39.5 Å². The molecule has 0 bridgehead atoms. The highest BCUT2D eigenvalue weighted by Gasteiger charge is 2.32. The maximum Gasteiger partial charge on any atom is 0.416 e. The molecule has 0 aliphatic rings. The Morgan fingerprint density at radius 1 is 0.528 bits per heavy atom. The zero-order chi connectivity index (χ0) is 40.7. The molecule has 0 radical (unpaired) electrons. The fraction of sp³-hybridized carbons (Fsp3) is 0.314. The molecule has 294 valence electrons. The smallest absolute Gasteiger partial charge is 0.330 e. The molecule has 1 atom stereocenters. The first-order chi connectivity index (χ1) is 24.4. The van der Waals surface area contributed by atoms with Crippen molar-refractivity contribution in [3.8, 4) is 0 Å². The zero-order valence-corrected chi connectivity index (χ0v) is 29.4. The second-order valence-corrected chi connectivity index (χ2v) is 11.9. The van der Waals surface area contributed by atoms with Gasteiger partial charge in [0.1, 0.15) is 17.5 Å². The topological polar surface area (TPSA) is 104 Å². The molecule has 18 heteroatoms. The second-order valence-electron chi connectivity index (χ2n) is 11.0. The largest absolute Gasteiger partial charge is 0.416 e. The van der Waals surface area contributed by atoms with Crippen LogP contribution in [-0.2, 0) is 37.8 Å². The van der Waals surface area contributed by atoms with Crippen molar-refractivity contribution in [2.45, 2.75) is 50.8 Å². The quantitative estimate of drug-likeness (QED) is 0.140. The van der Waals surface area contributed by atoms with Crippen molar-refractivity contribution in [2.75, 3.05) is 19.6 Å². The van der Waals surface area contributed by atoms with Crippen LogP contribution in [0.25, 0.3) is 0 Å². The molecule has 8 N–H and O–H groups in total. The van der Waals surface area contributed by atoms with Crippen LogP contribution in [-0.4, -0.2) is 19.6 Å². The summed E-state index contributed by atoms with van der Waals surface area (Å²) in [7, 11) is 0. The Balaban J connectivity index is 0.000000355. The van der Waals surface area contributed by atoms with Crippen molar-refractivity contribution in [3.63, 3.8) is 0 Å². The standard InChI is InChI=1S/3C9H9F4N.C8H9Cl2N/c1-5(14)6-2-7(9(11,12)13)4-8(10)3-6;10-8-2-1-7(9(11,12)13)5-6(8)3-4-14;10-8-5-7(9(11,12)13)2-1-6(8)3-4-14;9-7-2-1-6(3-4-11)8(10)5-7/h2-5H,14H2,1H3;2*1-2,5H,3-4,14H2;1-2,5H,3-4,11H2. The Hall–Kier alpha value is -3.54. The van der Waals surface area contributed by atoms with E-state index in [4.69, 9.17) is 46.1 Å². The van der Waals surface area contributed by atoms with Crippen LogP contribution in [0.2, 0.25) is 10.0 Å². The molecular weight excluding hydrogens is 775 g/mol. The first kappa shape index (κ1) is 47.5. The van der Waals surface area contributed by atoms with E-state index >= 15 is 0 Å². The lowest BCUT2D eigenvalue weighted by Gasteiger charge is -2.11. The van der Waals surface area contributed by atoms with Gasteiger partial charge < -0.3 is 22.9 Å². The average Bonchev–Trinajstić information content (AvgIpc) is 3.04. The van der Waals surface area contributed by atoms with Crippen molar-refractivity contribution in [1.82, 2.24) is 0 Å². The Labute approximate surface area is 308 Å². The first-order valence-corrected chi connectivity index (χ1v) is 16.1. The molecule has 1 unspecified atom stereocenters. The summed E-state index contributed by atoms with van der Waals surface area (Å²) in [5.41, 5.74) is 19.6. The Bertz CT molecular complexity index is 1730. The molecule has 0 aliphatic heterocycles. The number of halogens is 14. The van der Waals surface area contributed by atoms with E-state index in [0.29, 0.717) is 28.7 Å². The number of nitrogens with two attached hydrogens (primary N) is 4. The molecule has 0 fully saturated rings. The monoisotopic (exact) mass is 810 g/mol. The van der Waals surface area contributed by atoms with Gasteiger partial charge in [0.25, 0.3) is 0 Å². The summed E-state index contributed by atoms with van der Waals surface area (Å²) >= 11 is 11.6. The number of hydrogen-bond donors (Lipinski definition) is 4. The normalized spacial score (nSPS) is 12.1. The van der Waals surface area contributed by atoms with Crippen LogP contribution >= 0.6 is 23.2 Å². The highest BCUT2D eigenvalue weighted by atomic mass is 35.5. The van der Waals surface area contributed by atoms with Gasteiger partial charge in [0.15, 0.2) is 0 Å². The van der Waals surface area contributed by atoms with Crippen molar-refractivity contribution in [3.05, 3.63) is 139 Å². The van der Waals surface area contributed by atoms with Gasteiger partial charge in [-0.15, -0.1) is 0 Å². The van der Waals surface area contributed by atoms with Crippen LogP contribution in [0, 0.1) is 17.5 Å². The van der Waals surface area contributed by atoms with E-state index in [1.54, 1.807) is 6.07 Å². The second kappa shape index (κ2) is 21.4. The maximum absolute atomic E-state index is 13.0. The van der Waals surface area contributed by atoms with Gasteiger partial charge in [0.2, 0.25) is 0 Å². The molecule has 4 nitrogen and oxygen atoms in total. The van der Waals surface area contributed by atoms with Crippen molar-refractivity contribution >= 4 is 23.2 Å². The fourth-order valence-electron chi connectivity index (χ4n) is 4.10. The number of hydrogen-bond acceptors (Lipinski definition) is 4. The van der Waals surface area contributed by atoms with Crippen LogP contribution < -0.4 is 22.9 Å². The summed E-state index contributed by atoms with van der Waals surface area (Å²) in [4.78, 5) is 0. The first-order valence-electron chi connectivity index (χ1n) is 15.3. The summed E-state index contributed by atoms with van der Waals surface area (Å²) in [5.74, 6) is -2.43. The molecule has 0 heterocycles. The highest BCUT2D eigenvalue weighted by molar-refractivity contribution is 6.35. The van der Waals surface area contributed by atoms with E-state index in [1.165, 1.54) is 6.92 Å². The molecule has 4 aromatic rings. The van der Waals surface area contributed by atoms with Crippen LogP contribution in [0.15, 0.2) is 72.8 Å². The maximum atomic E-state index is 13.0. The van der Waals surface area contributed by atoms with E-state index in [1.807, 2.05) is 12.1 Å². The molecule has 0 saturated heterocycles. The van der Waals surface area contributed by atoms with Gasteiger partial charge in [0.05, 0.1) is 16.7 Å². The van der Waals surface area contributed by atoms with Crippen molar-refractivity contribution in [2.24, 2.45) is 22.9 Å². The summed E-state index contributed by atoms with van der Waals surface area (Å²) in [6.45, 7) is 2.44. The lowest BCUT2D eigenvalue weighted by atomic mass is 10.1. The third-order valence-corrected chi connectivity index (χ3v) is 7.37. The predicted octanol–water partition coefficient (Wildman–Crippen LogP) is 10.1. The van der Waals surface area contributed by atoms with Crippen molar-refractivity contribution in [1.29, 1.82) is 0 Å². The molecule has 0 aromatic heterocycles. The van der Waals surface area contributed by atoms with Crippen LogP contribution in [0.4, 0.5) is 52.7 Å². The van der Waals surface area contributed by atoms with Gasteiger partial charge in [-0.25, -0.2) is 13.2 Å². The van der Waals surface area contributed by atoms with Crippen LogP contribution in [0.1, 0.15) is 51.9 Å². The highest BCUT2D eigenvalue weighted by Crippen LogP contribution is 2.32. The Kier molecular flexibility index (Phi) is 19.1. The minimum atomic E-state index is -4.54. The lowest BCUT2D eigenvalue weighted by Crippen LogP contribution is -2.10. The molecule has 4 rings (SSSR count). The zero-order valence-electron chi connectivity index (χ0n) is 27.8. The number of alkyl halides is 9. The van der Waals surface area contributed by atoms with Crippen LogP contribution in [0.5, 0.6) is 0 Å². The lowest BCUT2D eigenvalue weighted by molar-refractivity contribution is -0.138. The SMILES string of the molecule is CC(N)c1cc(F)cc(C(F)(F)F)c1.NCCc1cc(C(F)(F)F)ccc1F.NCCc1ccc(C(F)(F)F)cc1F.NCCc1ccc(Cl)cc1Cl. The van der Waals surface area contributed by atoms with Crippen LogP contribution in [0.3, 0.4) is 0 Å². The Morgan fingerprint density at radius 3 is 1.47 bits per heavy atom. The summed E-state index contributed by atoms with van der Waals surface area (Å²) < 4.78 is 148. The van der Waals surface area contributed by atoms with E-state index in [9.17, 15) is 52.7 Å². The minimum absolute atomic E-state index is 0.00215. The fourth-order valence-corrected chi connectivity index (χ4v) is 4.60. The summed E-state index contributed by atoms with van der Waals surface area (Å²) in [6.07, 6.45) is -12.3. The minimum Gasteiger partial charge on any atom is -0.330 e. The molecule has 0 spiro atoms. The number of benzene rings is 4. The van der Waals surface area contributed by atoms with Gasteiger partial charge in [0, 0.05) is 16.1 Å². The van der Waals surface area contributed by atoms with E-state index < -0.39 is 58.7 Å². The molecule has 0 aliphatic carbocycles. The molecule has 0 amide bonds. The summed E-state index contributed by atoms with van der Waals surface area (Å²) in [5, 5.41) is 1.36. The van der Waals surface area contributed by atoms with Crippen molar-refractivity contribution < 1.29 is 52.7 Å². The molecule has 4 aromatic carbocycles. The summed E-state index contributed by atoms with van der Waals surface area (Å²) in [6, 6.07) is 11.9. The van der Waals surface area contributed by atoms with E-state index in [-0.39, 0.29) is 42.6 Å². The molecular formula is C35H36Cl2F12N4. The van der Waals surface area contributed by atoms with Gasteiger partial charge in [-0.1, -0.05) is 35.3 Å². The van der Waals surface area contributed by atoms with Gasteiger partial charge in [-0.05, 0) is 129 Å². The predicted molar refractivity (Wildman–Crippen MR) is 182 cm³/mol. The Morgan fingerprint density at radius 2 is 1.00 bits per heavy atom. The molecule has 0 saturated carbocycles. The van der Waals surface area contributed by atoms with Gasteiger partial charge >= 0.3 is 18.5 Å². The average molecular weight is 812 g/mol. The van der Waals surface area contributed by atoms with E-state index in [0.717, 1.165) is 54.4 Å². The van der Waals surface area contributed by atoms with E-state index in [2.05, 4.69) is 0 Å². The molecule has 53 heavy (non-hydrogen) atoms. The number of rotatable bonds is 7. The van der Waals surface area contributed by atoms with Gasteiger partial charge in [-0.3, -0.25) is 0 Å².